The van der Waals surface area contributed by atoms with Crippen LogP contribution >= 0.6 is 0 Å². The number of rotatable bonds is 6. The van der Waals surface area contributed by atoms with Crippen molar-refractivity contribution in [2.45, 2.75) is 12.8 Å². The second-order valence-corrected chi connectivity index (χ2v) is 6.57. The minimum atomic E-state index is -0.0449. The van der Waals surface area contributed by atoms with Crippen LogP contribution in [0.5, 0.6) is 0 Å². The summed E-state index contributed by atoms with van der Waals surface area (Å²) in [6.45, 7) is 4.69. The summed E-state index contributed by atoms with van der Waals surface area (Å²) in [5, 5.41) is 3.00. The summed E-state index contributed by atoms with van der Waals surface area (Å²) in [6.07, 6.45) is 5.39. The Morgan fingerprint density at radius 3 is 2.64 bits per heavy atom. The summed E-state index contributed by atoms with van der Waals surface area (Å²) in [4.78, 5) is 21.2. The SMILES string of the molecule is CN1CCN(c2cncc(C(=O)NCCCc3ccccc3)c2)CC1. The van der Waals surface area contributed by atoms with Crippen LogP contribution in [0.1, 0.15) is 22.3 Å². The number of aryl methyl sites for hydroxylation is 1. The zero-order valence-corrected chi connectivity index (χ0v) is 14.8. The van der Waals surface area contributed by atoms with Crippen molar-refractivity contribution in [1.29, 1.82) is 0 Å². The molecule has 1 aromatic carbocycles. The minimum absolute atomic E-state index is 0.0449. The van der Waals surface area contributed by atoms with Gasteiger partial charge < -0.3 is 15.1 Å². The maximum atomic E-state index is 12.4. The molecular formula is C20H26N4O. The van der Waals surface area contributed by atoms with E-state index in [1.807, 2.05) is 30.5 Å². The number of hydrogen-bond donors (Lipinski definition) is 1. The van der Waals surface area contributed by atoms with Crippen molar-refractivity contribution in [2.24, 2.45) is 0 Å². The molecule has 0 saturated carbocycles. The lowest BCUT2D eigenvalue weighted by molar-refractivity contribution is 0.0953. The Labute approximate surface area is 149 Å². The molecule has 1 aromatic heterocycles. The second-order valence-electron chi connectivity index (χ2n) is 6.57. The molecule has 0 aliphatic carbocycles. The van der Waals surface area contributed by atoms with Crippen molar-refractivity contribution in [3.05, 3.63) is 59.9 Å². The number of piperazine rings is 1. The molecular weight excluding hydrogens is 312 g/mol. The van der Waals surface area contributed by atoms with Gasteiger partial charge in [0.1, 0.15) is 0 Å². The Hall–Kier alpha value is -2.40. The topological polar surface area (TPSA) is 48.5 Å². The standard InChI is InChI=1S/C20H26N4O/c1-23-10-12-24(13-11-23)19-14-18(15-21-16-19)20(25)22-9-5-8-17-6-3-2-4-7-17/h2-4,6-7,14-16H,5,8-13H2,1H3,(H,22,25). The highest BCUT2D eigenvalue weighted by molar-refractivity contribution is 5.94. The van der Waals surface area contributed by atoms with Crippen molar-refractivity contribution in [2.75, 3.05) is 44.7 Å². The molecule has 0 spiro atoms. The summed E-state index contributed by atoms with van der Waals surface area (Å²) in [7, 11) is 2.13. The summed E-state index contributed by atoms with van der Waals surface area (Å²) in [5.74, 6) is -0.0449. The van der Waals surface area contributed by atoms with Crippen molar-refractivity contribution in [3.8, 4) is 0 Å². The highest BCUT2D eigenvalue weighted by Crippen LogP contribution is 2.16. The number of carbonyl (C=O) groups excluding carboxylic acids is 1. The third kappa shape index (κ3) is 5.03. The van der Waals surface area contributed by atoms with E-state index in [1.54, 1.807) is 6.20 Å². The molecule has 0 radical (unpaired) electrons. The van der Waals surface area contributed by atoms with Crippen LogP contribution in [0.3, 0.4) is 0 Å². The van der Waals surface area contributed by atoms with E-state index in [0.717, 1.165) is 44.7 Å². The van der Waals surface area contributed by atoms with Crippen LogP contribution in [0.2, 0.25) is 0 Å². The minimum Gasteiger partial charge on any atom is -0.368 e. The molecule has 0 unspecified atom stereocenters. The maximum absolute atomic E-state index is 12.4. The number of hydrogen-bond acceptors (Lipinski definition) is 4. The van der Waals surface area contributed by atoms with Gasteiger partial charge in [-0.15, -0.1) is 0 Å². The lowest BCUT2D eigenvalue weighted by Gasteiger charge is -2.33. The van der Waals surface area contributed by atoms with Gasteiger partial charge in [0.25, 0.3) is 5.91 Å². The Morgan fingerprint density at radius 1 is 1.12 bits per heavy atom. The van der Waals surface area contributed by atoms with Gasteiger partial charge in [0.15, 0.2) is 0 Å². The van der Waals surface area contributed by atoms with Gasteiger partial charge in [0.2, 0.25) is 0 Å². The number of likely N-dealkylation sites (N-methyl/N-ethyl adjacent to an activating group) is 1. The molecule has 2 heterocycles. The van der Waals surface area contributed by atoms with Gasteiger partial charge in [0.05, 0.1) is 17.4 Å². The first-order valence-corrected chi connectivity index (χ1v) is 8.93. The van der Waals surface area contributed by atoms with Crippen molar-refractivity contribution in [3.63, 3.8) is 0 Å². The van der Waals surface area contributed by atoms with Crippen LogP contribution in [0.25, 0.3) is 0 Å². The first-order valence-electron chi connectivity index (χ1n) is 8.93. The molecule has 0 atom stereocenters. The molecule has 1 fully saturated rings. The van der Waals surface area contributed by atoms with E-state index in [-0.39, 0.29) is 5.91 Å². The van der Waals surface area contributed by atoms with E-state index in [4.69, 9.17) is 0 Å². The van der Waals surface area contributed by atoms with E-state index in [0.29, 0.717) is 12.1 Å². The highest BCUT2D eigenvalue weighted by atomic mass is 16.1. The molecule has 2 aromatic rings. The molecule has 1 amide bonds. The highest BCUT2D eigenvalue weighted by Gasteiger charge is 2.16. The number of benzene rings is 1. The maximum Gasteiger partial charge on any atom is 0.252 e. The van der Waals surface area contributed by atoms with Crippen LogP contribution in [-0.2, 0) is 6.42 Å². The zero-order valence-electron chi connectivity index (χ0n) is 14.8. The first kappa shape index (κ1) is 17.4. The van der Waals surface area contributed by atoms with E-state index < -0.39 is 0 Å². The Morgan fingerprint density at radius 2 is 1.88 bits per heavy atom. The fourth-order valence-corrected chi connectivity index (χ4v) is 3.03. The quantitative estimate of drug-likeness (QED) is 0.821. The van der Waals surface area contributed by atoms with Gasteiger partial charge in [-0.2, -0.15) is 0 Å². The molecule has 0 bridgehead atoms. The average molecular weight is 338 g/mol. The molecule has 1 saturated heterocycles. The molecule has 132 valence electrons. The van der Waals surface area contributed by atoms with E-state index >= 15 is 0 Å². The van der Waals surface area contributed by atoms with Crippen LogP contribution < -0.4 is 10.2 Å². The van der Waals surface area contributed by atoms with E-state index in [9.17, 15) is 4.79 Å². The molecule has 5 heteroatoms. The van der Waals surface area contributed by atoms with Crippen LogP contribution in [0.4, 0.5) is 5.69 Å². The second kappa shape index (κ2) is 8.62. The average Bonchev–Trinajstić information content (AvgIpc) is 2.66. The molecule has 25 heavy (non-hydrogen) atoms. The largest absolute Gasteiger partial charge is 0.368 e. The van der Waals surface area contributed by atoms with Gasteiger partial charge in [-0.25, -0.2) is 0 Å². The molecule has 1 aliphatic rings. The zero-order chi connectivity index (χ0) is 17.5. The van der Waals surface area contributed by atoms with Crippen LogP contribution in [-0.4, -0.2) is 55.6 Å². The van der Waals surface area contributed by atoms with Gasteiger partial charge in [-0.1, -0.05) is 30.3 Å². The van der Waals surface area contributed by atoms with E-state index in [2.05, 4.69) is 39.3 Å². The molecule has 5 nitrogen and oxygen atoms in total. The lowest BCUT2D eigenvalue weighted by Crippen LogP contribution is -2.44. The van der Waals surface area contributed by atoms with Gasteiger partial charge in [0, 0.05) is 38.9 Å². The number of nitrogens with zero attached hydrogens (tertiary/aromatic N) is 3. The van der Waals surface area contributed by atoms with Crippen LogP contribution in [0, 0.1) is 0 Å². The number of aromatic nitrogens is 1. The number of anilines is 1. The smallest absolute Gasteiger partial charge is 0.252 e. The predicted molar refractivity (Wildman–Crippen MR) is 101 cm³/mol. The Balaban J connectivity index is 1.49. The van der Waals surface area contributed by atoms with Crippen molar-refractivity contribution in [1.82, 2.24) is 15.2 Å². The number of amides is 1. The molecule has 1 aliphatic heterocycles. The Bertz CT molecular complexity index is 681. The van der Waals surface area contributed by atoms with Gasteiger partial charge in [-0.3, -0.25) is 9.78 Å². The third-order valence-electron chi connectivity index (χ3n) is 4.63. The summed E-state index contributed by atoms with van der Waals surface area (Å²) in [6, 6.07) is 12.3. The van der Waals surface area contributed by atoms with Crippen LogP contribution in [0.15, 0.2) is 48.8 Å². The van der Waals surface area contributed by atoms with Gasteiger partial charge in [-0.05, 0) is 31.5 Å². The predicted octanol–water partition coefficient (Wildman–Crippen LogP) is 2.20. The van der Waals surface area contributed by atoms with E-state index in [1.165, 1.54) is 5.56 Å². The van der Waals surface area contributed by atoms with Crippen molar-refractivity contribution < 1.29 is 4.79 Å². The third-order valence-corrected chi connectivity index (χ3v) is 4.63. The summed E-state index contributed by atoms with van der Waals surface area (Å²) in [5.41, 5.74) is 2.97. The lowest BCUT2D eigenvalue weighted by atomic mass is 10.1. The fourth-order valence-electron chi connectivity index (χ4n) is 3.03. The Kier molecular flexibility index (Phi) is 6.01. The molecule has 1 N–H and O–H groups in total. The molecule has 3 rings (SSSR count). The monoisotopic (exact) mass is 338 g/mol. The first-order chi connectivity index (χ1) is 12.2. The van der Waals surface area contributed by atoms with Gasteiger partial charge >= 0.3 is 0 Å². The number of pyridine rings is 1. The summed E-state index contributed by atoms with van der Waals surface area (Å²) < 4.78 is 0. The van der Waals surface area contributed by atoms with Crippen molar-refractivity contribution >= 4 is 11.6 Å². The number of carbonyl (C=O) groups is 1. The fraction of sp³-hybridized carbons (Fsp3) is 0.400. The normalized spacial score (nSPS) is 15.2. The summed E-state index contributed by atoms with van der Waals surface area (Å²) >= 11 is 0. The number of nitrogens with one attached hydrogen (secondary N) is 1.